The molecule has 0 saturated heterocycles. The van der Waals surface area contributed by atoms with Gasteiger partial charge >= 0.3 is 0 Å². The summed E-state index contributed by atoms with van der Waals surface area (Å²) in [5.74, 6) is 0.747. The molecule has 0 spiro atoms. The van der Waals surface area contributed by atoms with Crippen molar-refractivity contribution in [2.45, 2.75) is 19.3 Å². The zero-order valence-corrected chi connectivity index (χ0v) is 8.78. The number of hydrogen-bond donors (Lipinski definition) is 0. The second-order valence-electron chi connectivity index (χ2n) is 3.42. The molecule has 0 radical (unpaired) electrons. The molecule has 0 aromatic carbocycles. The number of aromatic nitrogens is 4. The monoisotopic (exact) mass is 216 g/mol. The summed E-state index contributed by atoms with van der Waals surface area (Å²) in [5.41, 5.74) is 1.13. The SMILES string of the molecule is O=CCCCc1ccc(-n2cncn2)nc1. The summed E-state index contributed by atoms with van der Waals surface area (Å²) in [6.45, 7) is 0. The van der Waals surface area contributed by atoms with Crippen molar-refractivity contribution >= 4 is 6.29 Å². The van der Waals surface area contributed by atoms with Crippen LogP contribution in [-0.4, -0.2) is 26.0 Å². The van der Waals surface area contributed by atoms with Gasteiger partial charge in [-0.1, -0.05) is 6.07 Å². The van der Waals surface area contributed by atoms with Gasteiger partial charge in [-0.2, -0.15) is 5.10 Å². The number of aryl methyl sites for hydroxylation is 1. The smallest absolute Gasteiger partial charge is 0.155 e. The average Bonchev–Trinajstić information content (AvgIpc) is 2.84. The van der Waals surface area contributed by atoms with Crippen LogP contribution in [0.1, 0.15) is 18.4 Å². The zero-order valence-electron chi connectivity index (χ0n) is 8.78. The van der Waals surface area contributed by atoms with Crippen LogP contribution in [0.4, 0.5) is 0 Å². The lowest BCUT2D eigenvalue weighted by molar-refractivity contribution is -0.107. The van der Waals surface area contributed by atoms with Gasteiger partial charge in [0.2, 0.25) is 0 Å². The Morgan fingerprint density at radius 3 is 2.94 bits per heavy atom. The third-order valence-electron chi connectivity index (χ3n) is 2.25. The van der Waals surface area contributed by atoms with Gasteiger partial charge in [-0.05, 0) is 24.5 Å². The maximum atomic E-state index is 10.2. The maximum Gasteiger partial charge on any atom is 0.155 e. The fraction of sp³-hybridized carbons (Fsp3) is 0.273. The van der Waals surface area contributed by atoms with Crippen molar-refractivity contribution < 1.29 is 4.79 Å². The van der Waals surface area contributed by atoms with E-state index < -0.39 is 0 Å². The Morgan fingerprint density at radius 2 is 2.31 bits per heavy atom. The van der Waals surface area contributed by atoms with Crippen molar-refractivity contribution in [2.24, 2.45) is 0 Å². The molecule has 16 heavy (non-hydrogen) atoms. The standard InChI is InChI=1S/C11H12N4O/c16-6-2-1-3-10-4-5-11(13-7-10)15-9-12-8-14-15/h4-9H,1-3H2. The molecule has 0 saturated carbocycles. The summed E-state index contributed by atoms with van der Waals surface area (Å²) < 4.78 is 1.61. The highest BCUT2D eigenvalue weighted by Gasteiger charge is 1.98. The molecule has 0 N–H and O–H groups in total. The van der Waals surface area contributed by atoms with Gasteiger partial charge in [-0.3, -0.25) is 0 Å². The summed E-state index contributed by atoms with van der Waals surface area (Å²) in [6.07, 6.45) is 8.18. The summed E-state index contributed by atoms with van der Waals surface area (Å²) in [5, 5.41) is 3.99. The molecule has 0 aliphatic heterocycles. The average molecular weight is 216 g/mol. The Kier molecular flexibility index (Phi) is 3.38. The fourth-order valence-electron chi connectivity index (χ4n) is 1.42. The number of nitrogens with zero attached hydrogens (tertiary/aromatic N) is 4. The van der Waals surface area contributed by atoms with Crippen LogP contribution in [0.5, 0.6) is 0 Å². The van der Waals surface area contributed by atoms with Crippen molar-refractivity contribution in [2.75, 3.05) is 0 Å². The van der Waals surface area contributed by atoms with E-state index in [1.165, 1.54) is 6.33 Å². The number of carbonyl (C=O) groups is 1. The molecule has 0 atom stereocenters. The highest BCUT2D eigenvalue weighted by atomic mass is 16.1. The summed E-state index contributed by atoms with van der Waals surface area (Å²) in [6, 6.07) is 3.89. The van der Waals surface area contributed by atoms with Crippen molar-refractivity contribution in [3.63, 3.8) is 0 Å². The van der Waals surface area contributed by atoms with Crippen LogP contribution in [0, 0.1) is 0 Å². The van der Waals surface area contributed by atoms with Gasteiger partial charge in [0.1, 0.15) is 18.9 Å². The van der Waals surface area contributed by atoms with Crippen LogP contribution in [0.2, 0.25) is 0 Å². The normalized spacial score (nSPS) is 10.2. The van der Waals surface area contributed by atoms with Gasteiger partial charge in [0, 0.05) is 12.6 Å². The van der Waals surface area contributed by atoms with Gasteiger partial charge in [0.05, 0.1) is 0 Å². The molecule has 2 heterocycles. The van der Waals surface area contributed by atoms with Gasteiger partial charge in [-0.25, -0.2) is 14.6 Å². The largest absolute Gasteiger partial charge is 0.303 e. The lowest BCUT2D eigenvalue weighted by Gasteiger charge is -2.01. The molecule has 0 amide bonds. The fourth-order valence-corrected chi connectivity index (χ4v) is 1.42. The quantitative estimate of drug-likeness (QED) is 0.556. The molecule has 2 aromatic heterocycles. The summed E-state index contributed by atoms with van der Waals surface area (Å²) in [7, 11) is 0. The second kappa shape index (κ2) is 5.16. The summed E-state index contributed by atoms with van der Waals surface area (Å²) in [4.78, 5) is 18.3. The third kappa shape index (κ3) is 2.50. The van der Waals surface area contributed by atoms with E-state index in [9.17, 15) is 4.79 Å². The Labute approximate surface area is 93.2 Å². The minimum absolute atomic E-state index is 0.602. The van der Waals surface area contributed by atoms with E-state index >= 15 is 0 Å². The van der Waals surface area contributed by atoms with Gasteiger partial charge in [0.25, 0.3) is 0 Å². The first-order valence-electron chi connectivity index (χ1n) is 5.14. The second-order valence-corrected chi connectivity index (χ2v) is 3.42. The molecule has 0 unspecified atom stereocenters. The third-order valence-corrected chi connectivity index (χ3v) is 2.25. The van der Waals surface area contributed by atoms with E-state index in [-0.39, 0.29) is 0 Å². The van der Waals surface area contributed by atoms with Gasteiger partial charge in [-0.15, -0.1) is 0 Å². The van der Waals surface area contributed by atoms with Crippen LogP contribution in [0.25, 0.3) is 5.82 Å². The first-order chi connectivity index (χ1) is 7.90. The predicted molar refractivity (Wildman–Crippen MR) is 58.2 cm³/mol. The number of unbranched alkanes of at least 4 members (excludes halogenated alkanes) is 1. The Hall–Kier alpha value is -2.04. The van der Waals surface area contributed by atoms with E-state index in [4.69, 9.17) is 0 Å². The molecule has 82 valence electrons. The number of pyridine rings is 1. The zero-order chi connectivity index (χ0) is 11.2. The summed E-state index contributed by atoms with van der Waals surface area (Å²) >= 11 is 0. The van der Waals surface area contributed by atoms with Crippen LogP contribution in [-0.2, 0) is 11.2 Å². The molecule has 2 rings (SSSR count). The molecule has 0 fully saturated rings. The topological polar surface area (TPSA) is 60.7 Å². The first-order valence-corrected chi connectivity index (χ1v) is 5.14. The van der Waals surface area contributed by atoms with E-state index in [1.54, 1.807) is 11.0 Å². The Morgan fingerprint density at radius 1 is 1.38 bits per heavy atom. The highest BCUT2D eigenvalue weighted by molar-refractivity contribution is 5.49. The molecule has 5 heteroatoms. The number of rotatable bonds is 5. The Bertz CT molecular complexity index is 436. The maximum absolute atomic E-state index is 10.2. The molecule has 0 aliphatic rings. The molecular weight excluding hydrogens is 204 g/mol. The highest BCUT2D eigenvalue weighted by Crippen LogP contribution is 2.06. The predicted octanol–water partition coefficient (Wildman–Crippen LogP) is 1.18. The van der Waals surface area contributed by atoms with Crippen LogP contribution in [0.3, 0.4) is 0 Å². The van der Waals surface area contributed by atoms with Crippen LogP contribution < -0.4 is 0 Å². The molecule has 2 aromatic rings. The first kappa shape index (κ1) is 10.5. The molecular formula is C11H12N4O. The van der Waals surface area contributed by atoms with E-state index in [0.29, 0.717) is 6.42 Å². The number of carbonyl (C=O) groups excluding carboxylic acids is 1. The lowest BCUT2D eigenvalue weighted by Crippen LogP contribution is -1.98. The van der Waals surface area contributed by atoms with Crippen molar-refractivity contribution in [3.05, 3.63) is 36.5 Å². The van der Waals surface area contributed by atoms with Crippen LogP contribution >= 0.6 is 0 Å². The van der Waals surface area contributed by atoms with Crippen molar-refractivity contribution in [3.8, 4) is 5.82 Å². The number of aldehydes is 1. The van der Waals surface area contributed by atoms with Gasteiger partial charge < -0.3 is 4.79 Å². The molecule has 5 nitrogen and oxygen atoms in total. The molecule has 0 bridgehead atoms. The number of hydrogen-bond acceptors (Lipinski definition) is 4. The van der Waals surface area contributed by atoms with Crippen molar-refractivity contribution in [1.82, 2.24) is 19.7 Å². The lowest BCUT2D eigenvalue weighted by atomic mass is 10.1. The van der Waals surface area contributed by atoms with E-state index in [1.807, 2.05) is 18.3 Å². The molecule has 0 aliphatic carbocycles. The van der Waals surface area contributed by atoms with Gasteiger partial charge in [0.15, 0.2) is 5.82 Å². The Balaban J connectivity index is 2.02. The van der Waals surface area contributed by atoms with E-state index in [0.717, 1.165) is 30.5 Å². The minimum Gasteiger partial charge on any atom is -0.303 e. The van der Waals surface area contributed by atoms with Crippen molar-refractivity contribution in [1.29, 1.82) is 0 Å². The van der Waals surface area contributed by atoms with E-state index in [2.05, 4.69) is 15.1 Å². The van der Waals surface area contributed by atoms with Crippen LogP contribution in [0.15, 0.2) is 31.0 Å². The minimum atomic E-state index is 0.602.